The van der Waals surface area contributed by atoms with E-state index in [9.17, 15) is 5.11 Å². The van der Waals surface area contributed by atoms with Crippen molar-refractivity contribution in [3.8, 4) is 5.75 Å². The number of nitrogens with zero attached hydrogens (tertiary/aromatic N) is 1. The standard InChI is InChI=1S/C12H18N2O.C6H8ClN/c1-8-6-9(12(2,3)4)11(15)10(7-8)14-13-5;1-3-6(7)4-5(2)8/h6-7,14-15H,5H2,1-4H3;3-4,8H,1H2,2H3/b;6-4+,8-5?. The lowest BCUT2D eigenvalue weighted by Crippen LogP contribution is -2.12. The fourth-order valence-corrected chi connectivity index (χ4v) is 1.95. The number of benzene rings is 1. The van der Waals surface area contributed by atoms with Gasteiger partial charge in [0.1, 0.15) is 5.75 Å². The largest absolute Gasteiger partial charge is 0.505 e. The topological polar surface area (TPSA) is 68.5 Å². The van der Waals surface area contributed by atoms with Gasteiger partial charge in [-0.3, -0.25) is 5.43 Å². The van der Waals surface area contributed by atoms with Crippen molar-refractivity contribution >= 4 is 29.7 Å². The Bertz CT molecular complexity index is 613. The molecule has 5 heteroatoms. The predicted octanol–water partition coefficient (Wildman–Crippen LogP) is 5.36. The monoisotopic (exact) mass is 335 g/mol. The van der Waals surface area contributed by atoms with Crippen LogP contribution < -0.4 is 5.43 Å². The summed E-state index contributed by atoms with van der Waals surface area (Å²) in [5.74, 6) is 0.250. The van der Waals surface area contributed by atoms with Crippen LogP contribution in [0.4, 0.5) is 5.69 Å². The van der Waals surface area contributed by atoms with Gasteiger partial charge in [0.25, 0.3) is 0 Å². The van der Waals surface area contributed by atoms with Crippen molar-refractivity contribution in [3.05, 3.63) is 47.0 Å². The van der Waals surface area contributed by atoms with Gasteiger partial charge in [-0.15, -0.1) is 0 Å². The molecular formula is C18H26ClN3O. The Labute approximate surface area is 144 Å². The highest BCUT2D eigenvalue weighted by molar-refractivity contribution is 6.32. The Morgan fingerprint density at radius 2 is 1.96 bits per heavy atom. The summed E-state index contributed by atoms with van der Waals surface area (Å²) in [6.07, 6.45) is 3.04. The average molecular weight is 336 g/mol. The summed E-state index contributed by atoms with van der Waals surface area (Å²) in [4.78, 5) is 0. The molecule has 0 aliphatic heterocycles. The van der Waals surface area contributed by atoms with E-state index in [1.165, 1.54) is 12.2 Å². The molecule has 0 aromatic heterocycles. The van der Waals surface area contributed by atoms with Crippen molar-refractivity contribution in [2.75, 3.05) is 5.43 Å². The van der Waals surface area contributed by atoms with Gasteiger partial charge in [0.05, 0.1) is 5.69 Å². The van der Waals surface area contributed by atoms with E-state index in [0.717, 1.165) is 11.1 Å². The van der Waals surface area contributed by atoms with E-state index >= 15 is 0 Å². The first-order valence-corrected chi connectivity index (χ1v) is 7.51. The van der Waals surface area contributed by atoms with Crippen LogP contribution in [0.2, 0.25) is 0 Å². The molecule has 0 unspecified atom stereocenters. The van der Waals surface area contributed by atoms with E-state index in [-0.39, 0.29) is 11.2 Å². The van der Waals surface area contributed by atoms with Crippen LogP contribution in [-0.4, -0.2) is 17.5 Å². The summed E-state index contributed by atoms with van der Waals surface area (Å²) in [5.41, 5.74) is 5.65. The summed E-state index contributed by atoms with van der Waals surface area (Å²) in [6, 6.07) is 3.84. The molecule has 23 heavy (non-hydrogen) atoms. The average Bonchev–Trinajstić information content (AvgIpc) is 2.41. The highest BCUT2D eigenvalue weighted by atomic mass is 35.5. The molecule has 0 atom stereocenters. The lowest BCUT2D eigenvalue weighted by molar-refractivity contribution is 0.448. The van der Waals surface area contributed by atoms with Crippen molar-refractivity contribution in [1.29, 1.82) is 5.41 Å². The van der Waals surface area contributed by atoms with E-state index in [2.05, 4.69) is 44.6 Å². The van der Waals surface area contributed by atoms with Crippen LogP contribution in [0, 0.1) is 12.3 Å². The van der Waals surface area contributed by atoms with Crippen LogP contribution in [0.25, 0.3) is 0 Å². The number of phenols is 1. The SMILES string of the molecule is C=C/C(Cl)=C\C(C)=N.C=NNc1cc(C)cc(C(C)(C)C)c1O. The number of anilines is 1. The second-order valence-corrected chi connectivity index (χ2v) is 6.58. The van der Waals surface area contributed by atoms with Gasteiger partial charge in [-0.25, -0.2) is 0 Å². The first-order valence-electron chi connectivity index (χ1n) is 7.13. The van der Waals surface area contributed by atoms with E-state index in [1.54, 1.807) is 6.92 Å². The number of allylic oxidation sites excluding steroid dienone is 3. The van der Waals surface area contributed by atoms with Gasteiger partial charge in [0.2, 0.25) is 0 Å². The molecule has 0 saturated heterocycles. The van der Waals surface area contributed by atoms with Crippen LogP contribution >= 0.6 is 11.6 Å². The van der Waals surface area contributed by atoms with Crippen LogP contribution in [0.15, 0.2) is 41.0 Å². The molecule has 0 saturated carbocycles. The number of hydrogen-bond donors (Lipinski definition) is 3. The molecular weight excluding hydrogens is 310 g/mol. The molecule has 0 aliphatic carbocycles. The van der Waals surface area contributed by atoms with Gasteiger partial charge in [0.15, 0.2) is 0 Å². The molecule has 0 amide bonds. The van der Waals surface area contributed by atoms with Crippen LogP contribution in [0.1, 0.15) is 38.8 Å². The van der Waals surface area contributed by atoms with E-state index in [4.69, 9.17) is 17.0 Å². The highest BCUT2D eigenvalue weighted by Gasteiger charge is 2.20. The number of rotatable bonds is 4. The third-order valence-electron chi connectivity index (χ3n) is 2.81. The van der Waals surface area contributed by atoms with Gasteiger partial charge >= 0.3 is 0 Å². The number of hydrazone groups is 1. The van der Waals surface area contributed by atoms with E-state index in [0.29, 0.717) is 16.4 Å². The van der Waals surface area contributed by atoms with Crippen molar-refractivity contribution in [2.24, 2.45) is 5.10 Å². The molecule has 1 aromatic carbocycles. The van der Waals surface area contributed by atoms with Crippen LogP contribution in [-0.2, 0) is 5.41 Å². The number of phenolic OH excluding ortho intramolecular Hbond substituents is 1. The van der Waals surface area contributed by atoms with Gasteiger partial charge in [-0.2, -0.15) is 5.10 Å². The summed E-state index contributed by atoms with van der Waals surface area (Å²) in [7, 11) is 0. The maximum absolute atomic E-state index is 10.0. The number of aromatic hydroxyl groups is 1. The Balaban J connectivity index is 0.000000515. The summed E-state index contributed by atoms with van der Waals surface area (Å²) >= 11 is 5.46. The van der Waals surface area contributed by atoms with Crippen molar-refractivity contribution in [3.63, 3.8) is 0 Å². The Kier molecular flexibility index (Phi) is 8.33. The van der Waals surface area contributed by atoms with Crippen LogP contribution in [0.5, 0.6) is 5.75 Å². The molecule has 1 rings (SSSR count). The number of halogens is 1. The zero-order valence-corrected chi connectivity index (χ0v) is 15.3. The zero-order chi connectivity index (χ0) is 18.2. The minimum Gasteiger partial charge on any atom is -0.505 e. The first-order chi connectivity index (χ1) is 10.5. The minimum atomic E-state index is -0.0896. The molecule has 0 radical (unpaired) electrons. The maximum atomic E-state index is 10.0. The van der Waals surface area contributed by atoms with Gasteiger partial charge in [-0.1, -0.05) is 51.1 Å². The summed E-state index contributed by atoms with van der Waals surface area (Å²) < 4.78 is 0. The molecule has 4 nitrogen and oxygen atoms in total. The molecule has 0 heterocycles. The molecule has 0 bridgehead atoms. The normalized spacial score (nSPS) is 11.1. The molecule has 0 aliphatic rings. The fraction of sp³-hybridized carbons (Fsp3) is 0.333. The molecule has 1 aromatic rings. The fourth-order valence-electron chi connectivity index (χ4n) is 1.79. The van der Waals surface area contributed by atoms with Gasteiger partial charge in [-0.05, 0) is 37.0 Å². The van der Waals surface area contributed by atoms with Gasteiger partial charge < -0.3 is 10.5 Å². The Morgan fingerprint density at radius 1 is 1.39 bits per heavy atom. The predicted molar refractivity (Wildman–Crippen MR) is 102 cm³/mol. The Hall–Kier alpha value is -2.07. The summed E-state index contributed by atoms with van der Waals surface area (Å²) in [6.45, 7) is 16.6. The lowest BCUT2D eigenvalue weighted by atomic mass is 9.85. The van der Waals surface area contributed by atoms with Crippen molar-refractivity contribution < 1.29 is 5.11 Å². The second kappa shape index (κ2) is 9.16. The van der Waals surface area contributed by atoms with Gasteiger partial charge in [0, 0.05) is 23.0 Å². The molecule has 0 spiro atoms. The highest BCUT2D eigenvalue weighted by Crippen LogP contribution is 2.37. The quantitative estimate of drug-likeness (QED) is 0.300. The number of nitrogens with one attached hydrogen (secondary N) is 2. The van der Waals surface area contributed by atoms with Crippen LogP contribution in [0.3, 0.4) is 0 Å². The molecule has 3 N–H and O–H groups in total. The third kappa shape index (κ3) is 7.66. The minimum absolute atomic E-state index is 0.0896. The van der Waals surface area contributed by atoms with Crippen molar-refractivity contribution in [2.45, 2.75) is 40.0 Å². The molecule has 126 valence electrons. The maximum Gasteiger partial charge on any atom is 0.144 e. The number of hydrogen-bond acceptors (Lipinski definition) is 4. The smallest absolute Gasteiger partial charge is 0.144 e. The van der Waals surface area contributed by atoms with Crippen molar-refractivity contribution in [1.82, 2.24) is 0 Å². The lowest BCUT2D eigenvalue weighted by Gasteiger charge is -2.22. The first kappa shape index (κ1) is 20.9. The van der Waals surface area contributed by atoms with E-state index in [1.807, 2.05) is 19.1 Å². The third-order valence-corrected chi connectivity index (χ3v) is 3.07. The zero-order valence-electron chi connectivity index (χ0n) is 14.5. The summed E-state index contributed by atoms with van der Waals surface area (Å²) in [5, 5.41) is 21.0. The van der Waals surface area contributed by atoms with E-state index < -0.39 is 0 Å². The Morgan fingerprint density at radius 3 is 2.30 bits per heavy atom. The number of aryl methyl sites for hydroxylation is 1. The molecule has 0 fully saturated rings. The second-order valence-electron chi connectivity index (χ2n) is 6.14.